The second-order valence-corrected chi connectivity index (χ2v) is 9.24. The second-order valence-electron chi connectivity index (χ2n) is 6.58. The molecule has 4 aromatic rings. The lowest BCUT2D eigenvalue weighted by molar-refractivity contribution is -0.115. The van der Waals surface area contributed by atoms with Crippen LogP contribution in [0.1, 0.15) is 5.56 Å². The molecule has 0 saturated carbocycles. The Bertz CT molecular complexity index is 1350. The third kappa shape index (κ3) is 4.47. The van der Waals surface area contributed by atoms with Gasteiger partial charge in [0.15, 0.2) is 5.65 Å². The highest BCUT2D eigenvalue weighted by molar-refractivity contribution is 7.92. The average molecular weight is 446 g/mol. The molecule has 0 unspecified atom stereocenters. The smallest absolute Gasteiger partial charge is 0.229 e. The van der Waals surface area contributed by atoms with Crippen LogP contribution in [0.4, 0.5) is 15.1 Å². The molecule has 3 aromatic heterocycles. The number of sulfonamides is 1. The molecule has 3 N–H and O–H groups in total. The zero-order chi connectivity index (χ0) is 21.3. The number of nitrogens with zero attached hydrogens (tertiary/aromatic N) is 2. The Hall–Kier alpha value is -3.31. The lowest BCUT2D eigenvalue weighted by Gasteiger charge is -2.08. The maximum Gasteiger partial charge on any atom is 0.229 e. The van der Waals surface area contributed by atoms with Crippen molar-refractivity contribution in [1.29, 1.82) is 0 Å². The van der Waals surface area contributed by atoms with Crippen molar-refractivity contribution in [1.82, 2.24) is 15.2 Å². The number of aromatic nitrogens is 3. The Kier molecular flexibility index (Phi) is 5.22. The second kappa shape index (κ2) is 7.84. The molecule has 0 atom stereocenters. The van der Waals surface area contributed by atoms with Crippen LogP contribution in [0.5, 0.6) is 0 Å². The minimum absolute atomic E-state index is 0.0866. The van der Waals surface area contributed by atoms with Crippen LogP contribution in [0.25, 0.3) is 22.3 Å². The minimum atomic E-state index is -3.50. The Morgan fingerprint density at radius 1 is 1.27 bits per heavy atom. The van der Waals surface area contributed by atoms with Gasteiger partial charge in [-0.1, -0.05) is 0 Å². The number of carbonyl (C=O) groups is 1. The quantitative estimate of drug-likeness (QED) is 0.421. The molecule has 1 amide bonds. The number of hydrogen-bond acceptors (Lipinski definition) is 6. The lowest BCUT2D eigenvalue weighted by Crippen LogP contribution is -2.15. The number of hydrogen-bond donors (Lipinski definition) is 3. The van der Waals surface area contributed by atoms with Crippen LogP contribution in [-0.2, 0) is 21.2 Å². The maximum atomic E-state index is 14.1. The molecule has 8 nitrogen and oxygen atoms in total. The van der Waals surface area contributed by atoms with Crippen molar-refractivity contribution in [2.75, 3.05) is 16.3 Å². The van der Waals surface area contributed by atoms with Crippen LogP contribution in [0.2, 0.25) is 0 Å². The van der Waals surface area contributed by atoms with Crippen molar-refractivity contribution in [3.63, 3.8) is 0 Å². The van der Waals surface area contributed by atoms with E-state index in [4.69, 9.17) is 0 Å². The van der Waals surface area contributed by atoms with E-state index in [9.17, 15) is 17.6 Å². The van der Waals surface area contributed by atoms with Gasteiger partial charge in [0.2, 0.25) is 15.9 Å². The predicted octanol–water partition coefficient (Wildman–Crippen LogP) is 3.38. The van der Waals surface area contributed by atoms with Crippen LogP contribution in [0, 0.1) is 5.82 Å². The normalized spacial score (nSPS) is 11.5. The van der Waals surface area contributed by atoms with Gasteiger partial charge in [0.05, 0.1) is 23.4 Å². The maximum absolute atomic E-state index is 14.1. The summed E-state index contributed by atoms with van der Waals surface area (Å²) < 4.78 is 39.0. The van der Waals surface area contributed by atoms with Crippen LogP contribution in [0.15, 0.2) is 48.0 Å². The lowest BCUT2D eigenvalue weighted by atomic mass is 10.1. The molecule has 0 bridgehead atoms. The molecular formula is C19H16FN5O3S2. The summed E-state index contributed by atoms with van der Waals surface area (Å²) >= 11 is 1.32. The molecule has 154 valence electrons. The first-order chi connectivity index (χ1) is 14.3. The number of amides is 1. The Labute approximate surface area is 175 Å². The number of rotatable bonds is 6. The summed E-state index contributed by atoms with van der Waals surface area (Å²) in [7, 11) is -3.50. The van der Waals surface area contributed by atoms with E-state index in [1.807, 2.05) is 17.5 Å². The molecule has 0 aliphatic heterocycles. The Morgan fingerprint density at radius 2 is 2.10 bits per heavy atom. The summed E-state index contributed by atoms with van der Waals surface area (Å²) in [6.07, 6.45) is 2.41. The van der Waals surface area contributed by atoms with Gasteiger partial charge in [-0.3, -0.25) is 14.6 Å². The summed E-state index contributed by atoms with van der Waals surface area (Å²) in [5, 5.41) is 13.2. The highest BCUT2D eigenvalue weighted by Crippen LogP contribution is 2.31. The van der Waals surface area contributed by atoms with E-state index in [0.29, 0.717) is 10.6 Å². The van der Waals surface area contributed by atoms with Crippen LogP contribution in [-0.4, -0.2) is 35.8 Å². The van der Waals surface area contributed by atoms with Gasteiger partial charge in [0.25, 0.3) is 0 Å². The summed E-state index contributed by atoms with van der Waals surface area (Å²) in [6.45, 7) is 0. The first-order valence-electron chi connectivity index (χ1n) is 8.72. The Balaban J connectivity index is 1.48. The van der Waals surface area contributed by atoms with Crippen molar-refractivity contribution in [3.05, 3.63) is 59.4 Å². The number of benzene rings is 1. The van der Waals surface area contributed by atoms with Crippen molar-refractivity contribution < 1.29 is 17.6 Å². The van der Waals surface area contributed by atoms with Crippen molar-refractivity contribution in [2.24, 2.45) is 0 Å². The van der Waals surface area contributed by atoms with E-state index in [-0.39, 0.29) is 17.7 Å². The van der Waals surface area contributed by atoms with E-state index in [2.05, 4.69) is 25.2 Å². The number of thiophene rings is 1. The monoisotopic (exact) mass is 445 g/mol. The van der Waals surface area contributed by atoms with Gasteiger partial charge in [-0.2, -0.15) is 5.10 Å². The highest BCUT2D eigenvalue weighted by atomic mass is 32.2. The van der Waals surface area contributed by atoms with E-state index in [0.717, 1.165) is 29.0 Å². The van der Waals surface area contributed by atoms with Crippen LogP contribution >= 0.6 is 11.3 Å². The number of nitrogens with one attached hydrogen (secondary N) is 3. The van der Waals surface area contributed by atoms with E-state index in [1.165, 1.54) is 23.5 Å². The third-order valence-electron chi connectivity index (χ3n) is 4.18. The number of fused-ring (bicyclic) bond motifs is 1. The standard InChI is InChI=1S/C19H16FN5O3S2/c1-30(27,28)25-13-4-5-15(20)11(7-13)8-16(26)22-17-9-12(10-29-17)18-14-3-2-6-21-19(14)24-23-18/h2-7,9-10,25H,8H2,1H3,(H,22,26)(H,21,23,24). The number of halogens is 1. The molecule has 4 rings (SSSR count). The molecule has 0 aliphatic carbocycles. The first-order valence-corrected chi connectivity index (χ1v) is 11.5. The number of anilines is 2. The summed E-state index contributed by atoms with van der Waals surface area (Å²) in [5.41, 5.74) is 2.52. The molecule has 11 heteroatoms. The fraction of sp³-hybridized carbons (Fsp3) is 0.105. The number of H-pyrrole nitrogens is 1. The van der Waals surface area contributed by atoms with Gasteiger partial charge >= 0.3 is 0 Å². The molecule has 0 aliphatic rings. The largest absolute Gasteiger partial charge is 0.317 e. The summed E-state index contributed by atoms with van der Waals surface area (Å²) in [4.78, 5) is 16.6. The molecule has 30 heavy (non-hydrogen) atoms. The number of aromatic amines is 1. The Morgan fingerprint density at radius 3 is 2.90 bits per heavy atom. The van der Waals surface area contributed by atoms with Crippen LogP contribution < -0.4 is 10.0 Å². The highest BCUT2D eigenvalue weighted by Gasteiger charge is 2.14. The SMILES string of the molecule is CS(=O)(=O)Nc1ccc(F)c(CC(=O)Nc2cc(-c3[nH]nc4ncccc34)cs2)c1. The predicted molar refractivity (Wildman–Crippen MR) is 114 cm³/mol. The molecule has 3 heterocycles. The molecule has 1 aromatic carbocycles. The molecule has 0 fully saturated rings. The van der Waals surface area contributed by atoms with Crippen molar-refractivity contribution in [2.45, 2.75) is 6.42 Å². The molecule has 0 radical (unpaired) electrons. The van der Waals surface area contributed by atoms with Gasteiger partial charge < -0.3 is 5.32 Å². The third-order valence-corrected chi connectivity index (χ3v) is 5.63. The summed E-state index contributed by atoms with van der Waals surface area (Å²) in [6, 6.07) is 9.23. The van der Waals surface area contributed by atoms with Gasteiger partial charge in [0.1, 0.15) is 5.82 Å². The van der Waals surface area contributed by atoms with E-state index < -0.39 is 21.7 Å². The molecular weight excluding hydrogens is 429 g/mol. The van der Waals surface area contributed by atoms with E-state index >= 15 is 0 Å². The zero-order valence-corrected chi connectivity index (χ0v) is 17.3. The number of carbonyl (C=O) groups excluding carboxylic acids is 1. The van der Waals surface area contributed by atoms with Gasteiger partial charge in [-0.15, -0.1) is 11.3 Å². The fourth-order valence-electron chi connectivity index (χ4n) is 2.95. The molecule has 0 saturated heterocycles. The number of pyridine rings is 1. The zero-order valence-electron chi connectivity index (χ0n) is 15.6. The van der Waals surface area contributed by atoms with Crippen molar-refractivity contribution >= 4 is 49.0 Å². The van der Waals surface area contributed by atoms with Gasteiger partial charge in [-0.25, -0.2) is 17.8 Å². The fourth-order valence-corrected chi connectivity index (χ4v) is 4.31. The molecule has 0 spiro atoms. The minimum Gasteiger partial charge on any atom is -0.317 e. The van der Waals surface area contributed by atoms with Crippen LogP contribution in [0.3, 0.4) is 0 Å². The first kappa shape index (κ1) is 20.0. The summed E-state index contributed by atoms with van der Waals surface area (Å²) in [5.74, 6) is -1.01. The van der Waals surface area contributed by atoms with Crippen molar-refractivity contribution in [3.8, 4) is 11.3 Å². The van der Waals surface area contributed by atoms with Gasteiger partial charge in [-0.05, 0) is 42.0 Å². The van der Waals surface area contributed by atoms with Gasteiger partial charge in [0, 0.05) is 28.2 Å². The topological polar surface area (TPSA) is 117 Å². The average Bonchev–Trinajstić information content (AvgIpc) is 3.29. The van der Waals surface area contributed by atoms with E-state index in [1.54, 1.807) is 12.3 Å².